The number of nitrogens with one attached hydrogen (secondary N) is 1. The Morgan fingerprint density at radius 1 is 1.35 bits per heavy atom. The molecule has 0 bridgehead atoms. The molecule has 0 radical (unpaired) electrons. The van der Waals surface area contributed by atoms with Crippen molar-refractivity contribution in [3.63, 3.8) is 0 Å². The predicted octanol–water partition coefficient (Wildman–Crippen LogP) is 1.15. The Hall–Kier alpha value is -0.830. The van der Waals surface area contributed by atoms with Crippen LogP contribution in [0.25, 0.3) is 0 Å². The van der Waals surface area contributed by atoms with Gasteiger partial charge in [-0.1, -0.05) is 13.8 Å². The summed E-state index contributed by atoms with van der Waals surface area (Å²) in [5, 5.41) is 3.12. The average Bonchev–Trinajstić information content (AvgIpc) is 3.03. The Kier molecular flexibility index (Phi) is 10.2. The first kappa shape index (κ1) is 25.2. The van der Waals surface area contributed by atoms with Crippen LogP contribution >= 0.6 is 24.8 Å². The van der Waals surface area contributed by atoms with Crippen molar-refractivity contribution in [3.8, 4) is 0 Å². The third-order valence-corrected chi connectivity index (χ3v) is 5.58. The van der Waals surface area contributed by atoms with Crippen molar-refractivity contribution in [2.45, 2.75) is 33.4 Å². The minimum atomic E-state index is -2.97. The van der Waals surface area contributed by atoms with Crippen LogP contribution in [0.3, 0.4) is 0 Å². The number of nitrogens with zero attached hydrogens (tertiary/aromatic N) is 3. The Labute approximate surface area is 168 Å². The molecule has 1 aromatic heterocycles. The number of hydrogen-bond donors (Lipinski definition) is 1. The maximum Gasteiger partial charge on any atom is 0.240 e. The average molecular weight is 429 g/mol. The molecule has 26 heavy (non-hydrogen) atoms. The van der Waals surface area contributed by atoms with Crippen molar-refractivity contribution in [2.75, 3.05) is 31.6 Å². The van der Waals surface area contributed by atoms with Gasteiger partial charge in [-0.3, -0.25) is 9.69 Å². The Morgan fingerprint density at radius 3 is 2.50 bits per heavy atom. The molecule has 2 atom stereocenters. The summed E-state index contributed by atoms with van der Waals surface area (Å²) in [7, 11) is -2.97. The molecule has 1 aliphatic rings. The second kappa shape index (κ2) is 10.5. The molecule has 2 rings (SSSR count). The number of aromatic nitrogens is 2. The van der Waals surface area contributed by atoms with Gasteiger partial charge in [0.1, 0.15) is 22.2 Å². The van der Waals surface area contributed by atoms with E-state index in [1.165, 1.54) is 6.26 Å². The highest BCUT2D eigenvalue weighted by Crippen LogP contribution is 2.24. The Balaban J connectivity index is 0.00000312. The molecular weight excluding hydrogens is 399 g/mol. The molecule has 1 amide bonds. The molecule has 0 saturated carbocycles. The fraction of sp³-hybridized carbons (Fsp3) is 0.750. The molecule has 1 N–H and O–H groups in total. The number of carbonyl (C=O) groups excluding carboxylic acids is 1. The highest BCUT2D eigenvalue weighted by atomic mass is 35.5. The fourth-order valence-electron chi connectivity index (χ4n) is 3.20. The number of aryl methyl sites for hydroxylation is 1. The van der Waals surface area contributed by atoms with Gasteiger partial charge in [0.05, 0.1) is 5.75 Å². The van der Waals surface area contributed by atoms with Gasteiger partial charge in [-0.2, -0.15) is 0 Å². The van der Waals surface area contributed by atoms with Gasteiger partial charge in [0.25, 0.3) is 0 Å². The summed E-state index contributed by atoms with van der Waals surface area (Å²) in [6.07, 6.45) is 4.74. The first-order chi connectivity index (χ1) is 11.2. The normalized spacial score (nSPS) is 20.5. The number of halogens is 2. The molecule has 152 valence electrons. The lowest BCUT2D eigenvalue weighted by molar-refractivity contribution is -0.122. The van der Waals surface area contributed by atoms with E-state index in [0.717, 1.165) is 12.4 Å². The minimum Gasteiger partial charge on any atom is -0.350 e. The van der Waals surface area contributed by atoms with E-state index in [1.54, 1.807) is 12.4 Å². The van der Waals surface area contributed by atoms with Crippen molar-refractivity contribution in [1.82, 2.24) is 19.8 Å². The van der Waals surface area contributed by atoms with E-state index >= 15 is 0 Å². The van der Waals surface area contributed by atoms with Crippen LogP contribution in [0.2, 0.25) is 0 Å². The van der Waals surface area contributed by atoms with Gasteiger partial charge < -0.3 is 9.88 Å². The molecule has 10 heteroatoms. The van der Waals surface area contributed by atoms with Gasteiger partial charge in [0.2, 0.25) is 5.91 Å². The lowest BCUT2D eigenvalue weighted by atomic mass is 9.91. The number of rotatable bonds is 7. The Bertz CT molecular complexity index is 679. The summed E-state index contributed by atoms with van der Waals surface area (Å²) >= 11 is 0. The zero-order valence-corrected chi connectivity index (χ0v) is 18.2. The summed E-state index contributed by atoms with van der Waals surface area (Å²) in [5.74, 6) is 1.70. The lowest BCUT2D eigenvalue weighted by Gasteiger charge is -2.23. The summed E-state index contributed by atoms with van der Waals surface area (Å²) < 4.78 is 24.5. The van der Waals surface area contributed by atoms with Crippen molar-refractivity contribution in [1.29, 1.82) is 0 Å². The van der Waals surface area contributed by atoms with Crippen LogP contribution < -0.4 is 5.32 Å². The van der Waals surface area contributed by atoms with E-state index in [4.69, 9.17) is 0 Å². The summed E-state index contributed by atoms with van der Waals surface area (Å²) in [6.45, 7) is 8.46. The van der Waals surface area contributed by atoms with Crippen LogP contribution in [0.4, 0.5) is 0 Å². The standard InChI is InChI=1S/C16H28N4O3S.2ClH/c1-12(2)14-9-19(7-8-24(4,22)23)10-15(14)18-16(21)11-20-6-5-17-13(20)3;;/h5-6,12,14-15H,7-11H2,1-4H3,(H,18,21);2*1H/t14-,15+;;/m1../s1. The molecule has 0 unspecified atom stereocenters. The summed E-state index contributed by atoms with van der Waals surface area (Å²) in [6, 6.07) is 0.0564. The van der Waals surface area contributed by atoms with E-state index in [9.17, 15) is 13.2 Å². The molecular formula is C16H30Cl2N4O3S. The number of imidazole rings is 1. The van der Waals surface area contributed by atoms with E-state index in [2.05, 4.69) is 29.0 Å². The minimum absolute atomic E-state index is 0. The number of hydrogen-bond acceptors (Lipinski definition) is 5. The molecule has 0 spiro atoms. The first-order valence-corrected chi connectivity index (χ1v) is 10.4. The lowest BCUT2D eigenvalue weighted by Crippen LogP contribution is -2.43. The quantitative estimate of drug-likeness (QED) is 0.703. The van der Waals surface area contributed by atoms with Crippen molar-refractivity contribution < 1.29 is 13.2 Å². The highest BCUT2D eigenvalue weighted by molar-refractivity contribution is 7.90. The number of sulfone groups is 1. The van der Waals surface area contributed by atoms with Gasteiger partial charge in [0.15, 0.2) is 0 Å². The molecule has 0 aliphatic carbocycles. The van der Waals surface area contributed by atoms with Crippen molar-refractivity contribution in [2.24, 2.45) is 11.8 Å². The van der Waals surface area contributed by atoms with Gasteiger partial charge in [0, 0.05) is 44.3 Å². The van der Waals surface area contributed by atoms with E-state index in [-0.39, 0.29) is 49.1 Å². The number of likely N-dealkylation sites (tertiary alicyclic amines) is 1. The van der Waals surface area contributed by atoms with Crippen molar-refractivity contribution in [3.05, 3.63) is 18.2 Å². The molecule has 2 heterocycles. The molecule has 7 nitrogen and oxygen atoms in total. The van der Waals surface area contributed by atoms with Gasteiger partial charge in [-0.05, 0) is 18.8 Å². The van der Waals surface area contributed by atoms with E-state index in [1.807, 2.05) is 11.5 Å². The second-order valence-electron chi connectivity index (χ2n) is 7.07. The predicted molar refractivity (Wildman–Crippen MR) is 108 cm³/mol. The highest BCUT2D eigenvalue weighted by Gasteiger charge is 2.35. The topological polar surface area (TPSA) is 84.3 Å². The van der Waals surface area contributed by atoms with E-state index in [0.29, 0.717) is 24.9 Å². The van der Waals surface area contributed by atoms with Gasteiger partial charge in [-0.25, -0.2) is 13.4 Å². The molecule has 1 saturated heterocycles. The molecule has 1 aromatic rings. The van der Waals surface area contributed by atoms with E-state index < -0.39 is 9.84 Å². The Morgan fingerprint density at radius 2 is 2.00 bits per heavy atom. The zero-order chi connectivity index (χ0) is 17.9. The van der Waals surface area contributed by atoms with Crippen LogP contribution in [0, 0.1) is 18.8 Å². The van der Waals surface area contributed by atoms with Crippen LogP contribution in [-0.2, 0) is 21.2 Å². The van der Waals surface area contributed by atoms with Crippen molar-refractivity contribution >= 4 is 40.6 Å². The fourth-order valence-corrected chi connectivity index (χ4v) is 3.79. The molecule has 1 fully saturated rings. The SMILES string of the molecule is Cc1nccn1CC(=O)N[C@H]1CN(CCS(C)(=O)=O)C[C@@H]1C(C)C.Cl.Cl. The molecule has 1 aliphatic heterocycles. The third kappa shape index (κ3) is 7.42. The number of carbonyl (C=O) groups is 1. The van der Waals surface area contributed by atoms with Gasteiger partial charge >= 0.3 is 0 Å². The largest absolute Gasteiger partial charge is 0.350 e. The third-order valence-electron chi connectivity index (χ3n) is 4.66. The maximum atomic E-state index is 12.3. The summed E-state index contributed by atoms with van der Waals surface area (Å²) in [5.41, 5.74) is 0. The van der Waals surface area contributed by atoms with Gasteiger partial charge in [-0.15, -0.1) is 24.8 Å². The monoisotopic (exact) mass is 428 g/mol. The summed E-state index contributed by atoms with van der Waals surface area (Å²) in [4.78, 5) is 18.6. The van der Waals surface area contributed by atoms with Crippen LogP contribution in [-0.4, -0.2) is 66.5 Å². The van der Waals surface area contributed by atoms with Crippen LogP contribution in [0.1, 0.15) is 19.7 Å². The second-order valence-corrected chi connectivity index (χ2v) is 9.33. The smallest absolute Gasteiger partial charge is 0.240 e. The maximum absolute atomic E-state index is 12.3. The van der Waals surface area contributed by atoms with Crippen LogP contribution in [0.15, 0.2) is 12.4 Å². The zero-order valence-electron chi connectivity index (χ0n) is 15.7. The first-order valence-electron chi connectivity index (χ1n) is 8.33. The molecule has 0 aromatic carbocycles. The van der Waals surface area contributed by atoms with Crippen LogP contribution in [0.5, 0.6) is 0 Å². The number of amides is 1.